The fourth-order valence-electron chi connectivity index (χ4n) is 4.40. The van der Waals surface area contributed by atoms with Crippen LogP contribution in [0.5, 0.6) is 11.5 Å². The van der Waals surface area contributed by atoms with Gasteiger partial charge in [-0.3, -0.25) is 0 Å². The van der Waals surface area contributed by atoms with Gasteiger partial charge < -0.3 is 18.9 Å². The molecule has 2 saturated heterocycles. The number of rotatable bonds is 15. The van der Waals surface area contributed by atoms with Crippen LogP contribution in [-0.4, -0.2) is 38.6 Å². The summed E-state index contributed by atoms with van der Waals surface area (Å²) in [5.41, 5.74) is 4.09. The van der Waals surface area contributed by atoms with Crippen LogP contribution in [0.4, 0.5) is 0 Å². The van der Waals surface area contributed by atoms with E-state index in [1.54, 1.807) is 0 Å². The highest BCUT2D eigenvalue weighted by atomic mass is 16.6. The first-order valence-electron chi connectivity index (χ1n) is 12.8. The molecule has 4 nitrogen and oxygen atoms in total. The minimum absolute atomic E-state index is 0.268. The van der Waals surface area contributed by atoms with Gasteiger partial charge in [0.05, 0.1) is 13.2 Å². The van der Waals surface area contributed by atoms with E-state index in [2.05, 4.69) is 39.0 Å². The Balaban J connectivity index is 1.79. The summed E-state index contributed by atoms with van der Waals surface area (Å²) in [6.45, 7) is 9.75. The van der Waals surface area contributed by atoms with Crippen molar-refractivity contribution in [3.8, 4) is 11.5 Å². The Morgan fingerprint density at radius 1 is 0.750 bits per heavy atom. The molecular formula is C28H40O4. The van der Waals surface area contributed by atoms with Gasteiger partial charge in [-0.05, 0) is 67.0 Å². The fourth-order valence-corrected chi connectivity index (χ4v) is 4.40. The van der Waals surface area contributed by atoms with E-state index in [0.717, 1.165) is 44.0 Å². The van der Waals surface area contributed by atoms with Gasteiger partial charge in [-0.25, -0.2) is 0 Å². The molecule has 2 atom stereocenters. The predicted molar refractivity (Wildman–Crippen MR) is 130 cm³/mol. The van der Waals surface area contributed by atoms with Crippen LogP contribution in [0.15, 0.2) is 18.2 Å². The van der Waals surface area contributed by atoms with E-state index < -0.39 is 0 Å². The number of unbranched alkanes of at least 4 members (excludes halogenated alkanes) is 3. The summed E-state index contributed by atoms with van der Waals surface area (Å²) in [4.78, 5) is 0. The topological polar surface area (TPSA) is 43.5 Å². The van der Waals surface area contributed by atoms with Gasteiger partial charge in [-0.15, -0.1) is 0 Å². The minimum Gasteiger partial charge on any atom is -0.490 e. The van der Waals surface area contributed by atoms with Crippen molar-refractivity contribution in [2.45, 2.75) is 90.8 Å². The Labute approximate surface area is 193 Å². The van der Waals surface area contributed by atoms with Crippen LogP contribution in [0.25, 0.3) is 10.8 Å². The van der Waals surface area contributed by atoms with E-state index in [4.69, 9.17) is 18.9 Å². The van der Waals surface area contributed by atoms with Crippen molar-refractivity contribution in [1.29, 1.82) is 0 Å². The molecular weight excluding hydrogens is 400 g/mol. The standard InChI is InChI=1S/C28H40O4/c1-4-7-10-20-15-26-23(25(12-9-6-3)28(20)32-19-22-17-30-22)13-14-27(24(26)11-8-5-2)31-18-21-16-29-21/h13-15,21-22H,4-12,16-19H2,1-3H3. The van der Waals surface area contributed by atoms with Crippen LogP contribution < -0.4 is 9.47 Å². The Morgan fingerprint density at radius 2 is 1.34 bits per heavy atom. The molecule has 0 radical (unpaired) electrons. The van der Waals surface area contributed by atoms with Gasteiger partial charge in [0.2, 0.25) is 0 Å². The Hall–Kier alpha value is -1.78. The largest absolute Gasteiger partial charge is 0.490 e. The first kappa shape index (κ1) is 23.4. The number of benzene rings is 2. The molecule has 0 N–H and O–H groups in total. The lowest BCUT2D eigenvalue weighted by Gasteiger charge is -2.21. The van der Waals surface area contributed by atoms with Crippen molar-refractivity contribution >= 4 is 10.8 Å². The predicted octanol–water partition coefficient (Wildman–Crippen LogP) is 6.42. The first-order chi connectivity index (χ1) is 15.7. The summed E-state index contributed by atoms with van der Waals surface area (Å²) >= 11 is 0. The van der Waals surface area contributed by atoms with Crippen molar-refractivity contribution < 1.29 is 18.9 Å². The zero-order valence-corrected chi connectivity index (χ0v) is 20.2. The third-order valence-electron chi connectivity index (χ3n) is 6.53. The zero-order valence-electron chi connectivity index (χ0n) is 20.2. The summed E-state index contributed by atoms with van der Waals surface area (Å²) in [6.07, 6.45) is 10.7. The Kier molecular flexibility index (Phi) is 8.31. The molecule has 0 bridgehead atoms. The van der Waals surface area contributed by atoms with Gasteiger partial charge in [0.1, 0.15) is 36.9 Å². The second-order valence-corrected chi connectivity index (χ2v) is 9.32. The quantitative estimate of drug-likeness (QED) is 0.300. The van der Waals surface area contributed by atoms with E-state index in [-0.39, 0.29) is 12.2 Å². The molecule has 0 aliphatic carbocycles. The smallest absolute Gasteiger partial charge is 0.126 e. The number of hydrogen-bond acceptors (Lipinski definition) is 4. The second kappa shape index (κ2) is 11.4. The molecule has 0 amide bonds. The molecule has 2 aliphatic rings. The molecule has 2 aromatic carbocycles. The SMILES string of the molecule is CCCCc1cc2c(CCCC)c(OCC3CO3)ccc2c(CCCC)c1OCC1CO1. The highest BCUT2D eigenvalue weighted by Gasteiger charge is 2.26. The lowest BCUT2D eigenvalue weighted by atomic mass is 9.90. The highest BCUT2D eigenvalue weighted by Crippen LogP contribution is 2.40. The van der Waals surface area contributed by atoms with E-state index in [9.17, 15) is 0 Å². The van der Waals surface area contributed by atoms with Crippen molar-refractivity contribution in [2.24, 2.45) is 0 Å². The van der Waals surface area contributed by atoms with Gasteiger partial charge in [-0.1, -0.05) is 46.1 Å². The van der Waals surface area contributed by atoms with Crippen LogP contribution in [0.3, 0.4) is 0 Å². The molecule has 2 aromatic rings. The van der Waals surface area contributed by atoms with Crippen LogP contribution in [-0.2, 0) is 28.7 Å². The molecule has 2 fully saturated rings. The van der Waals surface area contributed by atoms with Gasteiger partial charge in [-0.2, -0.15) is 0 Å². The summed E-state index contributed by atoms with van der Waals surface area (Å²) < 4.78 is 23.5. The number of aryl methyl sites for hydroxylation is 3. The lowest BCUT2D eigenvalue weighted by molar-refractivity contribution is 0.259. The van der Waals surface area contributed by atoms with Crippen LogP contribution >= 0.6 is 0 Å². The fraction of sp³-hybridized carbons (Fsp3) is 0.643. The second-order valence-electron chi connectivity index (χ2n) is 9.32. The van der Waals surface area contributed by atoms with Crippen molar-refractivity contribution in [3.05, 3.63) is 34.9 Å². The van der Waals surface area contributed by atoms with Gasteiger partial charge in [0, 0.05) is 11.1 Å². The average molecular weight is 441 g/mol. The maximum absolute atomic E-state index is 6.46. The lowest BCUT2D eigenvalue weighted by Crippen LogP contribution is -2.10. The van der Waals surface area contributed by atoms with Crippen molar-refractivity contribution in [3.63, 3.8) is 0 Å². The Morgan fingerprint density at radius 3 is 1.97 bits per heavy atom. The maximum Gasteiger partial charge on any atom is 0.126 e. The molecule has 0 aromatic heterocycles. The Bertz CT molecular complexity index is 883. The van der Waals surface area contributed by atoms with E-state index in [1.807, 2.05) is 0 Å². The summed E-state index contributed by atoms with van der Waals surface area (Å²) in [7, 11) is 0. The van der Waals surface area contributed by atoms with E-state index >= 15 is 0 Å². The minimum atomic E-state index is 0.268. The molecule has 2 aliphatic heterocycles. The van der Waals surface area contributed by atoms with Gasteiger partial charge in [0.15, 0.2) is 0 Å². The monoisotopic (exact) mass is 440 g/mol. The third kappa shape index (κ3) is 5.96. The molecule has 2 unspecified atom stereocenters. The van der Waals surface area contributed by atoms with Crippen molar-refractivity contribution in [2.75, 3.05) is 26.4 Å². The average Bonchev–Trinajstić information content (AvgIpc) is 3.72. The van der Waals surface area contributed by atoms with Crippen LogP contribution in [0.2, 0.25) is 0 Å². The summed E-state index contributed by atoms with van der Waals surface area (Å²) in [5, 5.41) is 2.70. The molecule has 4 rings (SSSR count). The molecule has 2 heterocycles. The van der Waals surface area contributed by atoms with Crippen LogP contribution in [0, 0.1) is 0 Å². The normalized spacial score (nSPS) is 19.3. The third-order valence-corrected chi connectivity index (χ3v) is 6.53. The van der Waals surface area contributed by atoms with E-state index in [0.29, 0.717) is 13.2 Å². The van der Waals surface area contributed by atoms with Gasteiger partial charge in [0.25, 0.3) is 0 Å². The summed E-state index contributed by atoms with van der Waals surface area (Å²) in [5.74, 6) is 2.15. The van der Waals surface area contributed by atoms with E-state index in [1.165, 1.54) is 66.0 Å². The molecule has 0 spiro atoms. The molecule has 176 valence electrons. The van der Waals surface area contributed by atoms with Crippen LogP contribution in [0.1, 0.15) is 76.0 Å². The molecule has 4 heteroatoms. The number of fused-ring (bicyclic) bond motifs is 1. The van der Waals surface area contributed by atoms with Gasteiger partial charge >= 0.3 is 0 Å². The first-order valence-corrected chi connectivity index (χ1v) is 12.8. The number of epoxide rings is 2. The number of hydrogen-bond donors (Lipinski definition) is 0. The maximum atomic E-state index is 6.46. The molecule has 32 heavy (non-hydrogen) atoms. The zero-order chi connectivity index (χ0) is 22.3. The molecule has 0 saturated carbocycles. The van der Waals surface area contributed by atoms with Crippen molar-refractivity contribution in [1.82, 2.24) is 0 Å². The number of ether oxygens (including phenoxy) is 4. The highest BCUT2D eigenvalue weighted by molar-refractivity contribution is 5.93. The summed E-state index contributed by atoms with van der Waals surface area (Å²) in [6, 6.07) is 6.86.